The molecule has 1 unspecified atom stereocenters. The van der Waals surface area contributed by atoms with E-state index in [0.29, 0.717) is 12.6 Å². The second-order valence-electron chi connectivity index (χ2n) is 5.38. The Balaban J connectivity index is 1.76. The molecular formula is C14H21N3. The highest BCUT2D eigenvalue weighted by molar-refractivity contribution is 5.11. The van der Waals surface area contributed by atoms with Crippen molar-refractivity contribution in [1.82, 2.24) is 9.88 Å². The van der Waals surface area contributed by atoms with Gasteiger partial charge in [0.15, 0.2) is 0 Å². The molecule has 1 aromatic heterocycles. The molecule has 0 radical (unpaired) electrons. The van der Waals surface area contributed by atoms with E-state index in [1.807, 2.05) is 12.3 Å². The minimum absolute atomic E-state index is 0.323. The highest BCUT2D eigenvalue weighted by Crippen LogP contribution is 2.38. The molecular weight excluding hydrogens is 210 g/mol. The van der Waals surface area contributed by atoms with Gasteiger partial charge in [-0.1, -0.05) is 6.07 Å². The standard InChI is InChI=1S/C14H21N3/c15-9-14(13-3-1-2-8-16-13)17(12-6-7-12)10-11-4-5-11/h1-3,8,11-12,14H,4-7,9-10,15H2. The van der Waals surface area contributed by atoms with Crippen molar-refractivity contribution in [3.05, 3.63) is 30.1 Å². The van der Waals surface area contributed by atoms with Crippen molar-refractivity contribution >= 4 is 0 Å². The molecule has 17 heavy (non-hydrogen) atoms. The third-order valence-corrected chi connectivity index (χ3v) is 3.83. The van der Waals surface area contributed by atoms with Crippen LogP contribution < -0.4 is 5.73 Å². The van der Waals surface area contributed by atoms with E-state index in [9.17, 15) is 0 Å². The fourth-order valence-corrected chi connectivity index (χ4v) is 2.53. The average molecular weight is 231 g/mol. The molecule has 2 fully saturated rings. The quantitative estimate of drug-likeness (QED) is 0.813. The Morgan fingerprint density at radius 1 is 1.29 bits per heavy atom. The lowest BCUT2D eigenvalue weighted by Crippen LogP contribution is -2.37. The molecule has 0 saturated heterocycles. The lowest BCUT2D eigenvalue weighted by atomic mass is 10.1. The van der Waals surface area contributed by atoms with Crippen LogP contribution in [-0.2, 0) is 0 Å². The van der Waals surface area contributed by atoms with Crippen molar-refractivity contribution in [2.45, 2.75) is 37.8 Å². The van der Waals surface area contributed by atoms with Gasteiger partial charge in [-0.15, -0.1) is 0 Å². The maximum atomic E-state index is 5.99. The summed E-state index contributed by atoms with van der Waals surface area (Å²) in [7, 11) is 0. The van der Waals surface area contributed by atoms with Gasteiger partial charge < -0.3 is 5.73 Å². The van der Waals surface area contributed by atoms with Crippen LogP contribution in [0.15, 0.2) is 24.4 Å². The number of hydrogen-bond donors (Lipinski definition) is 1. The molecule has 0 amide bonds. The number of nitrogens with two attached hydrogens (primary N) is 1. The molecule has 0 spiro atoms. The topological polar surface area (TPSA) is 42.1 Å². The van der Waals surface area contributed by atoms with Crippen LogP contribution in [0.2, 0.25) is 0 Å². The molecule has 3 rings (SSSR count). The van der Waals surface area contributed by atoms with Crippen LogP contribution >= 0.6 is 0 Å². The molecule has 2 N–H and O–H groups in total. The van der Waals surface area contributed by atoms with E-state index in [1.165, 1.54) is 32.2 Å². The molecule has 1 atom stereocenters. The molecule has 0 aromatic carbocycles. The second-order valence-corrected chi connectivity index (χ2v) is 5.38. The normalized spacial score (nSPS) is 21.8. The molecule has 0 aliphatic heterocycles. The summed E-state index contributed by atoms with van der Waals surface area (Å²) in [5.41, 5.74) is 7.13. The van der Waals surface area contributed by atoms with Gasteiger partial charge in [0.05, 0.1) is 11.7 Å². The van der Waals surface area contributed by atoms with Crippen LogP contribution in [0, 0.1) is 5.92 Å². The highest BCUT2D eigenvalue weighted by Gasteiger charge is 2.37. The molecule has 2 aliphatic carbocycles. The van der Waals surface area contributed by atoms with Crippen LogP contribution in [-0.4, -0.2) is 29.0 Å². The largest absolute Gasteiger partial charge is 0.329 e. The van der Waals surface area contributed by atoms with Crippen LogP contribution in [0.5, 0.6) is 0 Å². The number of pyridine rings is 1. The fourth-order valence-electron chi connectivity index (χ4n) is 2.53. The Morgan fingerprint density at radius 3 is 2.65 bits per heavy atom. The Labute approximate surface area is 103 Å². The SMILES string of the molecule is NCC(c1ccccn1)N(CC1CC1)C1CC1. The zero-order valence-corrected chi connectivity index (χ0v) is 10.3. The van der Waals surface area contributed by atoms with Gasteiger partial charge in [0.2, 0.25) is 0 Å². The maximum absolute atomic E-state index is 5.99. The molecule has 1 aromatic rings. The average Bonchev–Trinajstić information content (AvgIpc) is 3.24. The first-order valence-electron chi connectivity index (χ1n) is 6.75. The van der Waals surface area contributed by atoms with Crippen molar-refractivity contribution in [1.29, 1.82) is 0 Å². The number of nitrogens with zero attached hydrogens (tertiary/aromatic N) is 2. The Kier molecular flexibility index (Phi) is 3.12. The maximum Gasteiger partial charge on any atom is 0.0647 e. The van der Waals surface area contributed by atoms with Gasteiger partial charge in [-0.25, -0.2) is 0 Å². The van der Waals surface area contributed by atoms with Crippen molar-refractivity contribution < 1.29 is 0 Å². The molecule has 92 valence electrons. The van der Waals surface area contributed by atoms with Crippen molar-refractivity contribution in [2.24, 2.45) is 11.7 Å². The summed E-state index contributed by atoms with van der Waals surface area (Å²) in [5, 5.41) is 0. The zero-order chi connectivity index (χ0) is 11.7. The fraction of sp³-hybridized carbons (Fsp3) is 0.643. The summed E-state index contributed by atoms with van der Waals surface area (Å²) >= 11 is 0. The number of aromatic nitrogens is 1. The first-order valence-corrected chi connectivity index (χ1v) is 6.75. The second kappa shape index (κ2) is 4.75. The van der Waals surface area contributed by atoms with Crippen molar-refractivity contribution in [3.63, 3.8) is 0 Å². The summed E-state index contributed by atoms with van der Waals surface area (Å²) in [6.07, 6.45) is 7.37. The Hall–Kier alpha value is -0.930. The number of hydrogen-bond acceptors (Lipinski definition) is 3. The minimum Gasteiger partial charge on any atom is -0.329 e. The minimum atomic E-state index is 0.323. The Morgan fingerprint density at radius 2 is 2.12 bits per heavy atom. The summed E-state index contributed by atoms with van der Waals surface area (Å²) in [4.78, 5) is 7.10. The molecule has 2 aliphatic rings. The van der Waals surface area contributed by atoms with Gasteiger partial charge in [0.25, 0.3) is 0 Å². The van der Waals surface area contributed by atoms with Gasteiger partial charge in [0, 0.05) is 25.3 Å². The molecule has 3 nitrogen and oxygen atoms in total. The molecule has 2 saturated carbocycles. The van der Waals surface area contributed by atoms with Crippen LogP contribution in [0.4, 0.5) is 0 Å². The summed E-state index contributed by atoms with van der Waals surface area (Å²) in [6.45, 7) is 1.91. The van der Waals surface area contributed by atoms with Crippen LogP contribution in [0.25, 0.3) is 0 Å². The van der Waals surface area contributed by atoms with Gasteiger partial charge in [-0.05, 0) is 43.7 Å². The van der Waals surface area contributed by atoms with E-state index in [-0.39, 0.29) is 0 Å². The van der Waals surface area contributed by atoms with Crippen molar-refractivity contribution in [2.75, 3.05) is 13.1 Å². The van der Waals surface area contributed by atoms with Gasteiger partial charge in [0.1, 0.15) is 0 Å². The third-order valence-electron chi connectivity index (χ3n) is 3.83. The lowest BCUT2D eigenvalue weighted by molar-refractivity contribution is 0.179. The summed E-state index contributed by atoms with van der Waals surface area (Å²) in [6, 6.07) is 7.24. The zero-order valence-electron chi connectivity index (χ0n) is 10.3. The van der Waals surface area contributed by atoms with E-state index >= 15 is 0 Å². The molecule has 3 heteroatoms. The van der Waals surface area contributed by atoms with Crippen LogP contribution in [0.1, 0.15) is 37.4 Å². The molecule has 0 bridgehead atoms. The Bertz CT molecular complexity index is 357. The van der Waals surface area contributed by atoms with Gasteiger partial charge in [-0.2, -0.15) is 0 Å². The van der Waals surface area contributed by atoms with E-state index in [2.05, 4.69) is 22.0 Å². The van der Waals surface area contributed by atoms with E-state index in [1.54, 1.807) is 0 Å². The summed E-state index contributed by atoms with van der Waals surface area (Å²) < 4.78 is 0. The number of rotatable bonds is 6. The van der Waals surface area contributed by atoms with Crippen molar-refractivity contribution in [3.8, 4) is 0 Å². The predicted molar refractivity (Wildman–Crippen MR) is 68.5 cm³/mol. The lowest BCUT2D eigenvalue weighted by Gasteiger charge is -2.30. The first-order chi connectivity index (χ1) is 8.38. The predicted octanol–water partition coefficient (Wildman–Crippen LogP) is 1.96. The van der Waals surface area contributed by atoms with Gasteiger partial charge >= 0.3 is 0 Å². The first kappa shape index (κ1) is 11.2. The van der Waals surface area contributed by atoms with E-state index < -0.39 is 0 Å². The van der Waals surface area contributed by atoms with E-state index in [0.717, 1.165) is 17.7 Å². The third kappa shape index (κ3) is 2.67. The monoisotopic (exact) mass is 231 g/mol. The van der Waals surface area contributed by atoms with Gasteiger partial charge in [-0.3, -0.25) is 9.88 Å². The van der Waals surface area contributed by atoms with E-state index in [4.69, 9.17) is 5.73 Å². The smallest absolute Gasteiger partial charge is 0.0647 e. The highest BCUT2D eigenvalue weighted by atomic mass is 15.2. The summed E-state index contributed by atoms with van der Waals surface area (Å²) in [5.74, 6) is 0.924. The molecule has 1 heterocycles. The van der Waals surface area contributed by atoms with Crippen LogP contribution in [0.3, 0.4) is 0 Å².